The van der Waals surface area contributed by atoms with Gasteiger partial charge in [-0.25, -0.2) is 4.98 Å². The van der Waals surface area contributed by atoms with Gasteiger partial charge in [0.15, 0.2) is 10.8 Å². The van der Waals surface area contributed by atoms with Gasteiger partial charge in [-0.3, -0.25) is 9.48 Å². The first-order valence-electron chi connectivity index (χ1n) is 6.25. The average molecular weight is 317 g/mol. The highest BCUT2D eigenvalue weighted by Gasteiger charge is 2.35. The molecule has 4 nitrogen and oxygen atoms in total. The van der Waals surface area contributed by atoms with Crippen molar-refractivity contribution in [1.82, 2.24) is 14.8 Å². The fourth-order valence-electron chi connectivity index (χ4n) is 2.08. The lowest BCUT2D eigenvalue weighted by Gasteiger charge is -2.01. The van der Waals surface area contributed by atoms with E-state index in [0.717, 1.165) is 23.1 Å². The highest BCUT2D eigenvalue weighted by molar-refractivity contribution is 7.13. The molecule has 0 aliphatic rings. The number of hydrogen-bond donors (Lipinski definition) is 0. The summed E-state index contributed by atoms with van der Waals surface area (Å²) in [6.07, 6.45) is -2.89. The lowest BCUT2D eigenvalue weighted by molar-refractivity contribution is -0.137. The fraction of sp³-hybridized carbons (Fsp3) is 0.462. The number of rotatable bonds is 4. The van der Waals surface area contributed by atoms with E-state index in [9.17, 15) is 18.0 Å². The Kier molecular flexibility index (Phi) is 4.18. The van der Waals surface area contributed by atoms with Crippen LogP contribution in [0, 0.1) is 13.8 Å². The second kappa shape index (κ2) is 5.59. The van der Waals surface area contributed by atoms with E-state index in [1.165, 1.54) is 0 Å². The molecular formula is C13H14F3N3OS. The number of thiazole rings is 1. The van der Waals surface area contributed by atoms with Gasteiger partial charge >= 0.3 is 6.18 Å². The average Bonchev–Trinajstić information content (AvgIpc) is 2.95. The van der Waals surface area contributed by atoms with Gasteiger partial charge in [-0.2, -0.15) is 18.3 Å². The van der Waals surface area contributed by atoms with Crippen molar-refractivity contribution in [3.63, 3.8) is 0 Å². The van der Waals surface area contributed by atoms with E-state index in [2.05, 4.69) is 10.1 Å². The smallest absolute Gasteiger partial charge is 0.293 e. The van der Waals surface area contributed by atoms with Crippen LogP contribution in [0.2, 0.25) is 0 Å². The van der Waals surface area contributed by atoms with Crippen molar-refractivity contribution < 1.29 is 18.0 Å². The molecule has 2 aromatic rings. The number of hydrogen-bond acceptors (Lipinski definition) is 4. The Hall–Kier alpha value is -1.70. The van der Waals surface area contributed by atoms with Crippen LogP contribution in [0.4, 0.5) is 13.2 Å². The molecule has 2 rings (SSSR count). The number of halogens is 3. The van der Waals surface area contributed by atoms with Crippen LogP contribution in [-0.4, -0.2) is 20.5 Å². The lowest BCUT2D eigenvalue weighted by Crippen LogP contribution is -2.03. The number of aromatic nitrogens is 3. The molecule has 0 aromatic carbocycles. The van der Waals surface area contributed by atoms with Crippen LogP contribution in [0.1, 0.15) is 38.1 Å². The predicted octanol–water partition coefficient (Wildman–Crippen LogP) is 3.33. The van der Waals surface area contributed by atoms with Gasteiger partial charge in [0.05, 0.1) is 10.6 Å². The van der Waals surface area contributed by atoms with Gasteiger partial charge in [0.1, 0.15) is 0 Å². The molecule has 0 N–H and O–H groups in total. The number of Topliss-reactive ketones (excluding diaryl/α,β-unsaturated/α-hetero) is 1. The number of alkyl halides is 3. The zero-order chi connectivity index (χ0) is 15.8. The van der Waals surface area contributed by atoms with Gasteiger partial charge in [-0.1, -0.05) is 0 Å². The normalized spacial score (nSPS) is 11.9. The molecule has 0 fully saturated rings. The molecular weight excluding hydrogens is 303 g/mol. The van der Waals surface area contributed by atoms with Crippen LogP contribution in [0.3, 0.4) is 0 Å². The zero-order valence-corrected chi connectivity index (χ0v) is 12.6. The summed E-state index contributed by atoms with van der Waals surface area (Å²) in [6.45, 7) is 3.75. The molecule has 0 saturated heterocycles. The minimum atomic E-state index is -4.50. The van der Waals surface area contributed by atoms with E-state index in [1.54, 1.807) is 4.68 Å². The van der Waals surface area contributed by atoms with Gasteiger partial charge in [0.25, 0.3) is 0 Å². The van der Waals surface area contributed by atoms with Crippen molar-refractivity contribution in [1.29, 1.82) is 0 Å². The summed E-state index contributed by atoms with van der Waals surface area (Å²) >= 11 is 0.390. The van der Waals surface area contributed by atoms with Crippen molar-refractivity contribution in [2.24, 2.45) is 7.05 Å². The third-order valence-electron chi connectivity index (χ3n) is 3.28. The lowest BCUT2D eigenvalue weighted by atomic mass is 10.1. The summed E-state index contributed by atoms with van der Waals surface area (Å²) in [4.78, 5) is 15.3. The van der Waals surface area contributed by atoms with Gasteiger partial charge in [-0.15, -0.1) is 11.3 Å². The summed E-state index contributed by atoms with van der Waals surface area (Å²) in [5.41, 5.74) is 2.76. The van der Waals surface area contributed by atoms with E-state index in [1.807, 2.05) is 20.9 Å². The number of ketones is 1. The second-order valence-electron chi connectivity index (χ2n) is 4.72. The Morgan fingerprint density at radius 2 is 2.05 bits per heavy atom. The SMILES string of the molecule is Cc1nn(C)c(C)c1CCC(=O)c1cnc(C(F)(F)F)s1. The quantitative estimate of drug-likeness (QED) is 0.813. The van der Waals surface area contributed by atoms with Crippen LogP contribution >= 0.6 is 11.3 Å². The molecule has 0 bridgehead atoms. The zero-order valence-electron chi connectivity index (χ0n) is 11.8. The van der Waals surface area contributed by atoms with Gasteiger partial charge in [-0.05, 0) is 25.8 Å². The molecule has 114 valence electrons. The molecule has 0 atom stereocenters. The first-order chi connectivity index (χ1) is 9.70. The first kappa shape index (κ1) is 15.7. The Bertz CT molecular complexity index is 673. The topological polar surface area (TPSA) is 47.8 Å². The molecule has 0 saturated carbocycles. The van der Waals surface area contributed by atoms with E-state index < -0.39 is 11.2 Å². The summed E-state index contributed by atoms with van der Waals surface area (Å²) in [5.74, 6) is -0.328. The Morgan fingerprint density at radius 1 is 1.38 bits per heavy atom. The van der Waals surface area contributed by atoms with E-state index >= 15 is 0 Å². The van der Waals surface area contributed by atoms with Crippen molar-refractivity contribution in [3.05, 3.63) is 33.0 Å². The standard InChI is InChI=1S/C13H14F3N3OS/c1-7-9(8(2)19(3)18-7)4-5-10(20)11-6-17-12(21-11)13(14,15)16/h6H,4-5H2,1-3H3. The van der Waals surface area contributed by atoms with Gasteiger partial charge < -0.3 is 0 Å². The number of carbonyl (C=O) groups excluding carboxylic acids is 1. The molecule has 2 heterocycles. The molecule has 0 amide bonds. The Morgan fingerprint density at radius 3 is 2.52 bits per heavy atom. The molecule has 21 heavy (non-hydrogen) atoms. The van der Waals surface area contributed by atoms with Crippen LogP contribution in [0.25, 0.3) is 0 Å². The predicted molar refractivity (Wildman–Crippen MR) is 72.4 cm³/mol. The maximum absolute atomic E-state index is 12.4. The minimum Gasteiger partial charge on any atom is -0.293 e. The molecule has 0 spiro atoms. The Labute approximate surface area is 123 Å². The fourth-order valence-corrected chi connectivity index (χ4v) is 2.83. The highest BCUT2D eigenvalue weighted by Crippen LogP contribution is 2.32. The van der Waals surface area contributed by atoms with E-state index in [4.69, 9.17) is 0 Å². The van der Waals surface area contributed by atoms with Gasteiger partial charge in [0, 0.05) is 25.4 Å². The second-order valence-corrected chi connectivity index (χ2v) is 5.75. The first-order valence-corrected chi connectivity index (χ1v) is 7.07. The van der Waals surface area contributed by atoms with Crippen molar-refractivity contribution in [2.75, 3.05) is 0 Å². The van der Waals surface area contributed by atoms with Gasteiger partial charge in [0.2, 0.25) is 0 Å². The molecule has 0 unspecified atom stereocenters. The largest absolute Gasteiger partial charge is 0.443 e. The van der Waals surface area contributed by atoms with E-state index in [-0.39, 0.29) is 17.1 Å². The number of aryl methyl sites for hydroxylation is 2. The molecule has 2 aromatic heterocycles. The number of carbonyl (C=O) groups is 1. The molecule has 0 radical (unpaired) electrons. The van der Waals surface area contributed by atoms with Crippen molar-refractivity contribution in [3.8, 4) is 0 Å². The van der Waals surface area contributed by atoms with Crippen LogP contribution < -0.4 is 0 Å². The Balaban J connectivity index is 2.07. The minimum absolute atomic E-state index is 0.0431. The molecule has 0 aliphatic heterocycles. The summed E-state index contributed by atoms with van der Waals surface area (Å²) in [6, 6.07) is 0. The summed E-state index contributed by atoms with van der Waals surface area (Å²) < 4.78 is 39.1. The molecule has 8 heteroatoms. The van der Waals surface area contributed by atoms with Crippen LogP contribution in [0.15, 0.2) is 6.20 Å². The third-order valence-corrected chi connectivity index (χ3v) is 4.37. The van der Waals surface area contributed by atoms with Crippen molar-refractivity contribution >= 4 is 17.1 Å². The maximum atomic E-state index is 12.4. The maximum Gasteiger partial charge on any atom is 0.443 e. The monoisotopic (exact) mass is 317 g/mol. The third kappa shape index (κ3) is 3.31. The number of nitrogens with zero attached hydrogens (tertiary/aromatic N) is 3. The van der Waals surface area contributed by atoms with Crippen molar-refractivity contribution in [2.45, 2.75) is 32.9 Å². The summed E-state index contributed by atoms with van der Waals surface area (Å²) in [5, 5.41) is 3.26. The van der Waals surface area contributed by atoms with Crippen LogP contribution in [0.5, 0.6) is 0 Å². The highest BCUT2D eigenvalue weighted by atomic mass is 32.1. The summed E-state index contributed by atoms with van der Waals surface area (Å²) in [7, 11) is 1.81. The van der Waals surface area contributed by atoms with Crippen LogP contribution in [-0.2, 0) is 19.6 Å². The molecule has 0 aliphatic carbocycles. The van der Waals surface area contributed by atoms with E-state index in [0.29, 0.717) is 17.8 Å².